The van der Waals surface area contributed by atoms with E-state index in [9.17, 15) is 4.79 Å². The third-order valence-corrected chi connectivity index (χ3v) is 5.39. The van der Waals surface area contributed by atoms with Crippen LogP contribution in [0.4, 0.5) is 0 Å². The Morgan fingerprint density at radius 3 is 1.59 bits per heavy atom. The third-order valence-electron chi connectivity index (χ3n) is 5.39. The Labute approximate surface area is 139 Å². The number of likely N-dealkylation sites (tertiary alicyclic amines) is 1. The fourth-order valence-corrected chi connectivity index (χ4v) is 3.87. The maximum Gasteiger partial charge on any atom is 0.313 e. The molecular weight excluding hydrogens is 270 g/mol. The molecule has 0 radical (unpaired) electrons. The van der Waals surface area contributed by atoms with E-state index in [-0.39, 0.29) is 0 Å². The summed E-state index contributed by atoms with van der Waals surface area (Å²) in [6.45, 7) is 7.91. The monoisotopic (exact) mass is 310 g/mol. The molecule has 0 atom stereocenters. The van der Waals surface area contributed by atoms with Crippen LogP contribution in [0.15, 0.2) is 0 Å². The zero-order valence-corrected chi connectivity index (χ0v) is 15.4. The summed E-state index contributed by atoms with van der Waals surface area (Å²) in [5.41, 5.74) is 0. The Kier molecular flexibility index (Phi) is 10.8. The fraction of sp³-hybridized carbons (Fsp3) is 0.950. The minimum absolute atomic E-state index is 0.544. The average Bonchev–Trinajstić information content (AvgIpc) is 2.88. The number of carbonyl (C=O) groups is 1. The van der Waals surface area contributed by atoms with Crippen LogP contribution in [0.1, 0.15) is 104 Å². The summed E-state index contributed by atoms with van der Waals surface area (Å²) in [5, 5.41) is 0. The van der Waals surface area contributed by atoms with E-state index in [0.717, 1.165) is 37.0 Å². The molecule has 0 spiro atoms. The highest BCUT2D eigenvalue weighted by atomic mass is 16.2. The summed E-state index contributed by atoms with van der Waals surface area (Å²) in [4.78, 5) is 12.4. The smallest absolute Gasteiger partial charge is 0.260 e. The van der Waals surface area contributed by atoms with Gasteiger partial charge in [-0.15, -0.1) is 0 Å². The first-order valence-corrected chi connectivity index (χ1v) is 10.1. The van der Waals surface area contributed by atoms with Crippen LogP contribution in [0.3, 0.4) is 0 Å². The maximum atomic E-state index is 12.4. The zero-order valence-electron chi connectivity index (χ0n) is 15.4. The van der Waals surface area contributed by atoms with E-state index in [2.05, 4.69) is 13.8 Å². The molecule has 130 valence electrons. The van der Waals surface area contributed by atoms with Crippen LogP contribution >= 0.6 is 0 Å². The van der Waals surface area contributed by atoms with E-state index in [1.54, 1.807) is 0 Å². The molecule has 0 aromatic rings. The van der Waals surface area contributed by atoms with E-state index in [1.165, 1.54) is 77.0 Å². The minimum atomic E-state index is 0.544. The molecule has 1 rings (SSSR count). The molecule has 22 heavy (non-hydrogen) atoms. The van der Waals surface area contributed by atoms with Crippen molar-refractivity contribution in [2.75, 3.05) is 19.6 Å². The molecule has 1 aliphatic rings. The van der Waals surface area contributed by atoms with Crippen LogP contribution in [-0.2, 0) is 4.79 Å². The lowest BCUT2D eigenvalue weighted by Crippen LogP contribution is -2.50. The van der Waals surface area contributed by atoms with Gasteiger partial charge < -0.3 is 0 Å². The average molecular weight is 311 g/mol. The van der Waals surface area contributed by atoms with Gasteiger partial charge in [-0.2, -0.15) is 0 Å². The number of hydrogen-bond acceptors (Lipinski definition) is 1. The van der Waals surface area contributed by atoms with Crippen molar-refractivity contribution in [1.29, 1.82) is 0 Å². The van der Waals surface area contributed by atoms with Crippen LogP contribution in [0.25, 0.3) is 0 Å². The summed E-state index contributed by atoms with van der Waals surface area (Å²) >= 11 is 0. The summed E-state index contributed by atoms with van der Waals surface area (Å²) < 4.78 is 0.835. The van der Waals surface area contributed by atoms with E-state index in [0.29, 0.717) is 5.91 Å². The molecule has 0 N–H and O–H groups in total. The first-order chi connectivity index (χ1) is 10.7. The maximum absolute atomic E-state index is 12.4. The van der Waals surface area contributed by atoms with Crippen molar-refractivity contribution in [2.24, 2.45) is 0 Å². The lowest BCUT2D eigenvalue weighted by Gasteiger charge is -2.31. The van der Waals surface area contributed by atoms with E-state index in [4.69, 9.17) is 0 Å². The third kappa shape index (κ3) is 7.26. The van der Waals surface area contributed by atoms with E-state index < -0.39 is 0 Å². The highest BCUT2D eigenvalue weighted by Gasteiger charge is 2.39. The second kappa shape index (κ2) is 12.1. The molecule has 1 saturated heterocycles. The van der Waals surface area contributed by atoms with Crippen LogP contribution in [0.2, 0.25) is 0 Å². The summed E-state index contributed by atoms with van der Waals surface area (Å²) in [7, 11) is 0. The van der Waals surface area contributed by atoms with Gasteiger partial charge in [-0.3, -0.25) is 4.48 Å². The SMILES string of the molecule is CCCCCCCC[N+]1(CCCCCCCC)CCCC1=O. The second-order valence-corrected chi connectivity index (χ2v) is 7.35. The minimum Gasteiger partial charge on any atom is -0.260 e. The lowest BCUT2D eigenvalue weighted by atomic mass is 10.1. The Hall–Kier alpha value is -0.370. The van der Waals surface area contributed by atoms with Crippen molar-refractivity contribution in [3.05, 3.63) is 0 Å². The standard InChI is InChI=1S/C20H40NO/c1-3-5-7-9-11-13-17-21(19-15-16-20(21)22)18-14-12-10-8-6-4-2/h3-19H2,1-2H3/q+1. The molecule has 0 aromatic heterocycles. The van der Waals surface area contributed by atoms with Crippen molar-refractivity contribution in [1.82, 2.24) is 0 Å². The molecule has 0 aromatic carbocycles. The molecule has 1 aliphatic heterocycles. The van der Waals surface area contributed by atoms with Gasteiger partial charge in [0.15, 0.2) is 0 Å². The first kappa shape index (κ1) is 19.7. The van der Waals surface area contributed by atoms with Gasteiger partial charge in [0.1, 0.15) is 0 Å². The molecule has 1 amide bonds. The van der Waals surface area contributed by atoms with Crippen molar-refractivity contribution in [3.63, 3.8) is 0 Å². The number of unbranched alkanes of at least 4 members (excludes halogenated alkanes) is 10. The van der Waals surface area contributed by atoms with Crippen LogP contribution in [0.5, 0.6) is 0 Å². The van der Waals surface area contributed by atoms with E-state index in [1.807, 2.05) is 0 Å². The van der Waals surface area contributed by atoms with Gasteiger partial charge in [0.25, 0.3) is 0 Å². The number of amides is 1. The predicted molar refractivity (Wildman–Crippen MR) is 95.9 cm³/mol. The highest BCUT2D eigenvalue weighted by Crippen LogP contribution is 2.24. The normalized spacial score (nSPS) is 17.3. The van der Waals surface area contributed by atoms with Crippen molar-refractivity contribution < 1.29 is 9.28 Å². The topological polar surface area (TPSA) is 17.1 Å². The summed E-state index contributed by atoms with van der Waals surface area (Å²) in [6.07, 6.45) is 18.0. The fourth-order valence-electron chi connectivity index (χ4n) is 3.87. The Morgan fingerprint density at radius 1 is 0.727 bits per heavy atom. The van der Waals surface area contributed by atoms with Crippen molar-refractivity contribution >= 4 is 5.91 Å². The Morgan fingerprint density at radius 2 is 1.18 bits per heavy atom. The number of quaternary nitrogens is 1. The van der Waals surface area contributed by atoms with Gasteiger partial charge in [0.05, 0.1) is 26.1 Å². The quantitative estimate of drug-likeness (QED) is 0.291. The van der Waals surface area contributed by atoms with Gasteiger partial charge >= 0.3 is 5.91 Å². The molecule has 1 heterocycles. The first-order valence-electron chi connectivity index (χ1n) is 10.1. The molecule has 0 unspecified atom stereocenters. The second-order valence-electron chi connectivity index (χ2n) is 7.35. The molecule has 1 fully saturated rings. The summed E-state index contributed by atoms with van der Waals surface area (Å²) in [6, 6.07) is 0. The highest BCUT2D eigenvalue weighted by molar-refractivity contribution is 5.70. The van der Waals surface area contributed by atoms with Crippen LogP contribution in [0, 0.1) is 0 Å². The predicted octanol–water partition coefficient (Wildman–Crippen LogP) is 5.84. The Balaban J connectivity index is 2.22. The van der Waals surface area contributed by atoms with Gasteiger partial charge in [0, 0.05) is 6.42 Å². The van der Waals surface area contributed by atoms with Crippen LogP contribution in [-0.4, -0.2) is 30.0 Å². The van der Waals surface area contributed by atoms with Gasteiger partial charge in [0.2, 0.25) is 0 Å². The number of nitrogens with zero attached hydrogens (tertiary/aromatic N) is 1. The van der Waals surface area contributed by atoms with Gasteiger partial charge in [-0.25, -0.2) is 4.79 Å². The lowest BCUT2D eigenvalue weighted by molar-refractivity contribution is -0.847. The molecule has 0 aliphatic carbocycles. The van der Waals surface area contributed by atoms with Crippen molar-refractivity contribution in [3.8, 4) is 0 Å². The molecule has 2 heteroatoms. The Bertz CT molecular complexity index is 271. The van der Waals surface area contributed by atoms with E-state index >= 15 is 0 Å². The number of hydrogen-bond donors (Lipinski definition) is 0. The molecule has 0 bridgehead atoms. The largest absolute Gasteiger partial charge is 0.313 e. The number of carbonyl (C=O) groups excluding carboxylic acids is 1. The van der Waals surface area contributed by atoms with Gasteiger partial charge in [-0.05, 0) is 25.7 Å². The van der Waals surface area contributed by atoms with Crippen molar-refractivity contribution in [2.45, 2.75) is 104 Å². The van der Waals surface area contributed by atoms with Gasteiger partial charge in [-0.1, -0.05) is 65.2 Å². The molecule has 2 nitrogen and oxygen atoms in total. The molecule has 0 saturated carbocycles. The summed E-state index contributed by atoms with van der Waals surface area (Å²) in [5.74, 6) is 0.544. The number of rotatable bonds is 14. The molecular formula is C20H40NO+. The zero-order chi connectivity index (χ0) is 16.1. The van der Waals surface area contributed by atoms with Crippen LogP contribution < -0.4 is 0 Å².